The summed E-state index contributed by atoms with van der Waals surface area (Å²) in [5, 5.41) is 3.33. The van der Waals surface area contributed by atoms with Crippen molar-refractivity contribution in [1.29, 1.82) is 0 Å². The van der Waals surface area contributed by atoms with Crippen molar-refractivity contribution in [1.82, 2.24) is 4.98 Å². The number of fused-ring (bicyclic) bond motifs is 1. The second-order valence-electron chi connectivity index (χ2n) is 3.51. The van der Waals surface area contributed by atoms with Gasteiger partial charge in [0.25, 0.3) is 0 Å². The summed E-state index contributed by atoms with van der Waals surface area (Å²) in [6.45, 7) is 5.38. The van der Waals surface area contributed by atoms with Gasteiger partial charge >= 0.3 is 0 Å². The largest absolute Gasteiger partial charge is 0.368 e. The second-order valence-corrected chi connectivity index (χ2v) is 4.65. The summed E-state index contributed by atoms with van der Waals surface area (Å²) in [4.78, 5) is 5.87. The van der Waals surface area contributed by atoms with Crippen LogP contribution >= 0.6 is 11.8 Å². The van der Waals surface area contributed by atoms with E-state index in [1.165, 1.54) is 10.6 Å². The maximum atomic E-state index is 4.58. The fourth-order valence-electron chi connectivity index (χ4n) is 1.36. The number of thioether (sulfide) groups is 1. The van der Waals surface area contributed by atoms with E-state index in [-0.39, 0.29) is 0 Å². The van der Waals surface area contributed by atoms with Gasteiger partial charge in [-0.1, -0.05) is 13.8 Å². The Morgan fingerprint density at radius 2 is 2.31 bits per heavy atom. The Kier molecular flexibility index (Phi) is 2.44. The van der Waals surface area contributed by atoms with Crippen molar-refractivity contribution in [3.63, 3.8) is 0 Å². The molecule has 70 valence electrons. The molecule has 0 saturated carbocycles. The normalized spacial score (nSPS) is 15.3. The van der Waals surface area contributed by atoms with E-state index in [1.807, 2.05) is 11.8 Å². The lowest BCUT2D eigenvalue weighted by Gasteiger charge is -2.17. The molecule has 13 heavy (non-hydrogen) atoms. The predicted octanol–water partition coefficient (Wildman–Crippen LogP) is 2.72. The Hall–Kier alpha value is -0.700. The molecule has 0 aromatic carbocycles. The lowest BCUT2D eigenvalue weighted by molar-refractivity contribution is 0.817. The monoisotopic (exact) mass is 194 g/mol. The number of anilines is 1. The summed E-state index contributed by atoms with van der Waals surface area (Å²) in [5.41, 5.74) is 1.17. The first-order valence-corrected chi connectivity index (χ1v) is 5.63. The maximum absolute atomic E-state index is 4.58. The van der Waals surface area contributed by atoms with Gasteiger partial charge in [-0.25, -0.2) is 4.98 Å². The molecule has 1 aromatic rings. The van der Waals surface area contributed by atoms with Crippen molar-refractivity contribution in [2.45, 2.75) is 24.7 Å². The van der Waals surface area contributed by atoms with E-state index in [2.05, 4.69) is 36.3 Å². The molecular formula is C10H14N2S. The van der Waals surface area contributed by atoms with Crippen LogP contribution in [0.4, 0.5) is 5.82 Å². The number of nitrogens with zero attached hydrogens (tertiary/aromatic N) is 1. The minimum absolute atomic E-state index is 0.513. The van der Waals surface area contributed by atoms with Crippen LogP contribution in [0.3, 0.4) is 0 Å². The van der Waals surface area contributed by atoms with Crippen LogP contribution in [0, 0.1) is 0 Å². The minimum atomic E-state index is 0.513. The van der Waals surface area contributed by atoms with Gasteiger partial charge in [0.2, 0.25) is 0 Å². The molecule has 2 nitrogen and oxygen atoms in total. The second kappa shape index (κ2) is 3.58. The Morgan fingerprint density at radius 3 is 3.08 bits per heavy atom. The number of aromatic nitrogens is 1. The summed E-state index contributed by atoms with van der Waals surface area (Å²) in [7, 11) is 0. The lowest BCUT2D eigenvalue weighted by atomic mass is 10.1. The Bertz CT molecular complexity index is 310. The molecule has 0 radical (unpaired) electrons. The predicted molar refractivity (Wildman–Crippen MR) is 57.5 cm³/mol. The van der Waals surface area contributed by atoms with Crippen LogP contribution in [0.1, 0.15) is 25.5 Å². The van der Waals surface area contributed by atoms with Gasteiger partial charge in [-0.3, -0.25) is 0 Å². The molecule has 0 bridgehead atoms. The molecule has 0 fully saturated rings. The average Bonchev–Trinajstić information content (AvgIpc) is 2.17. The number of hydrogen-bond acceptors (Lipinski definition) is 3. The SMILES string of the molecule is CC(C)c1ccc2c(n1)NCCS2. The average molecular weight is 194 g/mol. The molecule has 1 aliphatic heterocycles. The summed E-state index contributed by atoms with van der Waals surface area (Å²) >= 11 is 1.88. The zero-order chi connectivity index (χ0) is 9.26. The van der Waals surface area contributed by atoms with Gasteiger partial charge in [0.1, 0.15) is 5.82 Å². The molecule has 3 heteroatoms. The van der Waals surface area contributed by atoms with Gasteiger partial charge in [0, 0.05) is 22.9 Å². The smallest absolute Gasteiger partial charge is 0.140 e. The molecule has 0 aliphatic carbocycles. The molecule has 2 heterocycles. The summed E-state index contributed by atoms with van der Waals surface area (Å²) < 4.78 is 0. The number of hydrogen-bond donors (Lipinski definition) is 1. The maximum Gasteiger partial charge on any atom is 0.140 e. The molecule has 2 rings (SSSR count). The van der Waals surface area contributed by atoms with Gasteiger partial charge in [-0.05, 0) is 18.1 Å². The van der Waals surface area contributed by atoms with Crippen molar-refractivity contribution in [2.24, 2.45) is 0 Å². The summed E-state index contributed by atoms with van der Waals surface area (Å²) in [6.07, 6.45) is 0. The standard InChI is InChI=1S/C10H14N2S/c1-7(2)8-3-4-9-10(12-8)11-5-6-13-9/h3-4,7H,5-6H2,1-2H3,(H,11,12). The quantitative estimate of drug-likeness (QED) is 0.744. The first-order chi connectivity index (χ1) is 6.27. The van der Waals surface area contributed by atoms with Crippen molar-refractivity contribution >= 4 is 17.6 Å². The summed E-state index contributed by atoms with van der Waals surface area (Å²) in [6, 6.07) is 4.30. The Labute approximate surface area is 83.1 Å². The van der Waals surface area contributed by atoms with Crippen LogP contribution in [0.2, 0.25) is 0 Å². The lowest BCUT2D eigenvalue weighted by Crippen LogP contribution is -2.12. The molecule has 1 aromatic heterocycles. The van der Waals surface area contributed by atoms with Crippen LogP contribution in [-0.4, -0.2) is 17.3 Å². The van der Waals surface area contributed by atoms with Gasteiger partial charge in [-0.15, -0.1) is 11.8 Å². The summed E-state index contributed by atoms with van der Waals surface area (Å²) in [5.74, 6) is 2.73. The first kappa shape index (κ1) is 8.88. The highest BCUT2D eigenvalue weighted by Gasteiger charge is 2.11. The van der Waals surface area contributed by atoms with E-state index >= 15 is 0 Å². The third-order valence-corrected chi connectivity index (χ3v) is 3.17. The Balaban J connectivity index is 2.35. The molecule has 0 unspecified atom stereocenters. The van der Waals surface area contributed by atoms with Crippen LogP contribution in [0.5, 0.6) is 0 Å². The van der Waals surface area contributed by atoms with Gasteiger partial charge < -0.3 is 5.32 Å². The Morgan fingerprint density at radius 1 is 1.46 bits per heavy atom. The first-order valence-electron chi connectivity index (χ1n) is 4.65. The molecule has 0 atom stereocenters. The molecule has 1 N–H and O–H groups in total. The van der Waals surface area contributed by atoms with Crippen molar-refractivity contribution in [3.05, 3.63) is 17.8 Å². The van der Waals surface area contributed by atoms with Crippen LogP contribution < -0.4 is 5.32 Å². The third-order valence-electron chi connectivity index (χ3n) is 2.12. The molecule has 0 amide bonds. The fourth-order valence-corrected chi connectivity index (χ4v) is 2.20. The zero-order valence-electron chi connectivity index (χ0n) is 8.00. The molecule has 1 aliphatic rings. The molecule has 0 spiro atoms. The van der Waals surface area contributed by atoms with Crippen molar-refractivity contribution < 1.29 is 0 Å². The molecule has 0 saturated heterocycles. The van der Waals surface area contributed by atoms with E-state index in [0.717, 1.165) is 18.1 Å². The number of rotatable bonds is 1. The fraction of sp³-hybridized carbons (Fsp3) is 0.500. The van der Waals surface area contributed by atoms with Gasteiger partial charge in [0.15, 0.2) is 0 Å². The van der Waals surface area contributed by atoms with Crippen LogP contribution in [-0.2, 0) is 0 Å². The zero-order valence-corrected chi connectivity index (χ0v) is 8.82. The van der Waals surface area contributed by atoms with Gasteiger partial charge in [-0.2, -0.15) is 0 Å². The molecular weight excluding hydrogens is 180 g/mol. The number of nitrogens with one attached hydrogen (secondary N) is 1. The van der Waals surface area contributed by atoms with Crippen LogP contribution in [0.15, 0.2) is 17.0 Å². The van der Waals surface area contributed by atoms with E-state index in [0.29, 0.717) is 5.92 Å². The highest BCUT2D eigenvalue weighted by atomic mass is 32.2. The topological polar surface area (TPSA) is 24.9 Å². The van der Waals surface area contributed by atoms with E-state index in [4.69, 9.17) is 0 Å². The van der Waals surface area contributed by atoms with E-state index in [9.17, 15) is 0 Å². The van der Waals surface area contributed by atoms with Crippen molar-refractivity contribution in [3.8, 4) is 0 Å². The minimum Gasteiger partial charge on any atom is -0.368 e. The van der Waals surface area contributed by atoms with E-state index < -0.39 is 0 Å². The number of pyridine rings is 1. The third kappa shape index (κ3) is 1.80. The van der Waals surface area contributed by atoms with Crippen molar-refractivity contribution in [2.75, 3.05) is 17.6 Å². The highest BCUT2D eigenvalue weighted by Crippen LogP contribution is 2.30. The highest BCUT2D eigenvalue weighted by molar-refractivity contribution is 7.99. The van der Waals surface area contributed by atoms with Crippen LogP contribution in [0.25, 0.3) is 0 Å². The van der Waals surface area contributed by atoms with Gasteiger partial charge in [0.05, 0.1) is 0 Å². The van der Waals surface area contributed by atoms with E-state index in [1.54, 1.807) is 0 Å².